The zero-order chi connectivity index (χ0) is 15.4. The summed E-state index contributed by atoms with van der Waals surface area (Å²) in [6, 6.07) is 12.5. The van der Waals surface area contributed by atoms with Crippen LogP contribution in [-0.4, -0.2) is 12.0 Å². The van der Waals surface area contributed by atoms with Crippen LogP contribution in [0.15, 0.2) is 42.5 Å². The lowest BCUT2D eigenvalue weighted by molar-refractivity contribution is -0.122. The van der Waals surface area contributed by atoms with Crippen molar-refractivity contribution in [2.75, 3.05) is 5.32 Å². The molecule has 1 N–H and O–H groups in total. The molecule has 2 aromatic carbocycles. The van der Waals surface area contributed by atoms with E-state index in [9.17, 15) is 4.79 Å². The van der Waals surface area contributed by atoms with Gasteiger partial charge in [-0.3, -0.25) is 4.79 Å². The topological polar surface area (TPSA) is 38.3 Å². The largest absolute Gasteiger partial charge is 0.481 e. The average Bonchev–Trinajstić information content (AvgIpc) is 2.45. The summed E-state index contributed by atoms with van der Waals surface area (Å²) in [5, 5.41) is 3.58. The monoisotopic (exact) mass is 323 g/mol. The van der Waals surface area contributed by atoms with Crippen molar-refractivity contribution in [1.82, 2.24) is 0 Å². The van der Waals surface area contributed by atoms with Gasteiger partial charge < -0.3 is 10.1 Å². The number of nitrogens with one attached hydrogen (secondary N) is 1. The second kappa shape index (κ2) is 6.83. The van der Waals surface area contributed by atoms with Crippen LogP contribution >= 0.6 is 23.2 Å². The molecule has 1 atom stereocenters. The maximum atomic E-state index is 12.1. The third-order valence-electron chi connectivity index (χ3n) is 2.95. The number of carbonyl (C=O) groups excluding carboxylic acids is 1. The number of halogens is 2. The molecule has 1 amide bonds. The Morgan fingerprint density at radius 3 is 2.52 bits per heavy atom. The highest BCUT2D eigenvalue weighted by molar-refractivity contribution is 6.42. The smallest absolute Gasteiger partial charge is 0.265 e. The molecule has 0 heterocycles. The molecule has 0 radical (unpaired) electrons. The van der Waals surface area contributed by atoms with Gasteiger partial charge in [-0.1, -0.05) is 41.4 Å². The summed E-state index contributed by atoms with van der Waals surface area (Å²) in [5.74, 6) is 0.436. The molecule has 0 bridgehead atoms. The van der Waals surface area contributed by atoms with Gasteiger partial charge in [0.15, 0.2) is 6.10 Å². The van der Waals surface area contributed by atoms with Gasteiger partial charge in [-0.2, -0.15) is 0 Å². The molecular weight excluding hydrogens is 309 g/mol. The zero-order valence-corrected chi connectivity index (χ0v) is 13.2. The van der Waals surface area contributed by atoms with Gasteiger partial charge in [-0.15, -0.1) is 0 Å². The minimum absolute atomic E-state index is 0.253. The Morgan fingerprint density at radius 1 is 1.14 bits per heavy atom. The summed E-state index contributed by atoms with van der Waals surface area (Å²) in [4.78, 5) is 12.1. The molecule has 0 fully saturated rings. The van der Waals surface area contributed by atoms with Gasteiger partial charge in [0.25, 0.3) is 5.91 Å². The number of carbonyl (C=O) groups is 1. The van der Waals surface area contributed by atoms with Crippen molar-refractivity contribution in [1.29, 1.82) is 0 Å². The van der Waals surface area contributed by atoms with Crippen LogP contribution < -0.4 is 10.1 Å². The summed E-state index contributed by atoms with van der Waals surface area (Å²) < 4.78 is 5.66. The predicted octanol–water partition coefficient (Wildman–Crippen LogP) is 4.71. The van der Waals surface area contributed by atoms with Crippen LogP contribution in [0, 0.1) is 6.92 Å². The van der Waals surface area contributed by atoms with Gasteiger partial charge in [-0.05, 0) is 43.7 Å². The zero-order valence-electron chi connectivity index (χ0n) is 11.7. The Bertz CT molecular complexity index is 658. The number of benzene rings is 2. The standard InChI is InChI=1S/C16H15Cl2NO2/c1-10-5-3-4-6-15(10)21-11(2)16(20)19-12-7-8-13(17)14(18)9-12/h3-9,11H,1-2H3,(H,19,20)/t11-/m0/s1. The fourth-order valence-electron chi connectivity index (χ4n) is 1.75. The molecule has 2 aromatic rings. The first kappa shape index (κ1) is 15.7. The fraction of sp³-hybridized carbons (Fsp3) is 0.188. The Hall–Kier alpha value is -1.71. The van der Waals surface area contributed by atoms with Crippen LogP contribution in [-0.2, 0) is 4.79 Å². The van der Waals surface area contributed by atoms with E-state index in [0.717, 1.165) is 5.56 Å². The van der Waals surface area contributed by atoms with Gasteiger partial charge in [0.05, 0.1) is 10.0 Å². The van der Waals surface area contributed by atoms with Crippen LogP contribution in [0.3, 0.4) is 0 Å². The third-order valence-corrected chi connectivity index (χ3v) is 3.69. The number of hydrogen-bond acceptors (Lipinski definition) is 2. The molecule has 0 saturated heterocycles. The summed E-state index contributed by atoms with van der Waals surface area (Å²) in [6.45, 7) is 3.62. The lowest BCUT2D eigenvalue weighted by Crippen LogP contribution is -2.30. The van der Waals surface area contributed by atoms with Crippen molar-refractivity contribution in [3.63, 3.8) is 0 Å². The second-order valence-electron chi connectivity index (χ2n) is 4.64. The molecule has 0 aliphatic rings. The SMILES string of the molecule is Cc1ccccc1O[C@@H](C)C(=O)Nc1ccc(Cl)c(Cl)c1. The highest BCUT2D eigenvalue weighted by Crippen LogP contribution is 2.25. The van der Waals surface area contributed by atoms with E-state index in [0.29, 0.717) is 21.5 Å². The molecule has 3 nitrogen and oxygen atoms in total. The first-order valence-electron chi connectivity index (χ1n) is 6.45. The lowest BCUT2D eigenvalue weighted by atomic mass is 10.2. The number of anilines is 1. The molecule has 0 saturated carbocycles. The van der Waals surface area contributed by atoms with Crippen molar-refractivity contribution in [2.45, 2.75) is 20.0 Å². The number of amides is 1. The van der Waals surface area contributed by atoms with E-state index in [-0.39, 0.29) is 5.91 Å². The molecule has 0 aliphatic carbocycles. The Kier molecular flexibility index (Phi) is 5.10. The van der Waals surface area contributed by atoms with Crippen LogP contribution in [0.5, 0.6) is 5.75 Å². The van der Waals surface area contributed by atoms with E-state index in [1.807, 2.05) is 31.2 Å². The van der Waals surface area contributed by atoms with E-state index < -0.39 is 6.10 Å². The minimum Gasteiger partial charge on any atom is -0.481 e. The first-order valence-corrected chi connectivity index (χ1v) is 7.21. The third kappa shape index (κ3) is 4.13. The summed E-state index contributed by atoms with van der Waals surface area (Å²) in [5.41, 5.74) is 1.56. The Balaban J connectivity index is 2.02. The molecule has 2 rings (SSSR count). The summed E-state index contributed by atoms with van der Waals surface area (Å²) >= 11 is 11.7. The van der Waals surface area contributed by atoms with Gasteiger partial charge in [-0.25, -0.2) is 0 Å². The number of ether oxygens (including phenoxy) is 1. The minimum atomic E-state index is -0.624. The van der Waals surface area contributed by atoms with E-state index in [1.165, 1.54) is 0 Å². The van der Waals surface area contributed by atoms with Gasteiger partial charge in [0.2, 0.25) is 0 Å². The Morgan fingerprint density at radius 2 is 1.86 bits per heavy atom. The molecule has 0 spiro atoms. The predicted molar refractivity (Wildman–Crippen MR) is 86.4 cm³/mol. The van der Waals surface area contributed by atoms with E-state index in [4.69, 9.17) is 27.9 Å². The maximum absolute atomic E-state index is 12.1. The van der Waals surface area contributed by atoms with Gasteiger partial charge in [0.1, 0.15) is 5.75 Å². The van der Waals surface area contributed by atoms with Gasteiger partial charge in [0, 0.05) is 5.69 Å². The van der Waals surface area contributed by atoms with Crippen LogP contribution in [0.1, 0.15) is 12.5 Å². The number of hydrogen-bond donors (Lipinski definition) is 1. The number of para-hydroxylation sites is 1. The molecular formula is C16H15Cl2NO2. The van der Waals surface area contributed by atoms with Crippen molar-refractivity contribution in [2.24, 2.45) is 0 Å². The molecule has 110 valence electrons. The molecule has 0 unspecified atom stereocenters. The van der Waals surface area contributed by atoms with Crippen LogP contribution in [0.2, 0.25) is 10.0 Å². The van der Waals surface area contributed by atoms with E-state index >= 15 is 0 Å². The Labute approximate surface area is 133 Å². The van der Waals surface area contributed by atoms with Crippen molar-refractivity contribution < 1.29 is 9.53 Å². The van der Waals surface area contributed by atoms with Gasteiger partial charge >= 0.3 is 0 Å². The highest BCUT2D eigenvalue weighted by atomic mass is 35.5. The number of aryl methyl sites for hydroxylation is 1. The van der Waals surface area contributed by atoms with Crippen molar-refractivity contribution in [3.05, 3.63) is 58.1 Å². The molecule has 0 aromatic heterocycles. The van der Waals surface area contributed by atoms with E-state index in [2.05, 4.69) is 5.32 Å². The van der Waals surface area contributed by atoms with Crippen molar-refractivity contribution in [3.8, 4) is 5.75 Å². The quantitative estimate of drug-likeness (QED) is 0.885. The van der Waals surface area contributed by atoms with Crippen LogP contribution in [0.25, 0.3) is 0 Å². The normalized spacial score (nSPS) is 11.8. The molecule has 0 aliphatic heterocycles. The fourth-order valence-corrected chi connectivity index (χ4v) is 2.05. The molecule has 5 heteroatoms. The average molecular weight is 324 g/mol. The van der Waals surface area contributed by atoms with Crippen LogP contribution in [0.4, 0.5) is 5.69 Å². The van der Waals surface area contributed by atoms with E-state index in [1.54, 1.807) is 25.1 Å². The highest BCUT2D eigenvalue weighted by Gasteiger charge is 2.16. The second-order valence-corrected chi connectivity index (χ2v) is 5.46. The maximum Gasteiger partial charge on any atom is 0.265 e. The lowest BCUT2D eigenvalue weighted by Gasteiger charge is -2.16. The summed E-state index contributed by atoms with van der Waals surface area (Å²) in [6.07, 6.45) is -0.624. The summed E-state index contributed by atoms with van der Waals surface area (Å²) in [7, 11) is 0. The number of rotatable bonds is 4. The first-order chi connectivity index (χ1) is 9.97. The molecule has 21 heavy (non-hydrogen) atoms. The van der Waals surface area contributed by atoms with Crippen molar-refractivity contribution >= 4 is 34.8 Å².